The average molecular weight is 477 g/mol. The number of phenols is 1. The molecule has 36 heavy (non-hydrogen) atoms. The third-order valence-electron chi connectivity index (χ3n) is 7.44. The van der Waals surface area contributed by atoms with Crippen LogP contribution in [0.5, 0.6) is 5.75 Å². The molecule has 0 saturated carbocycles. The van der Waals surface area contributed by atoms with E-state index in [1.807, 2.05) is 36.4 Å². The van der Waals surface area contributed by atoms with Crippen molar-refractivity contribution < 1.29 is 15.0 Å². The SMILES string of the molecule is CCCCc1c(O)ccc2c3c(ccc12)C1=C(CCC=C1)CC3.O=C(O)c1cccc2ccccc12. The molecule has 4 aromatic rings. The van der Waals surface area contributed by atoms with E-state index in [-0.39, 0.29) is 0 Å². The number of allylic oxidation sites excluding steroid dienone is 4. The van der Waals surface area contributed by atoms with Crippen LogP contribution in [0.25, 0.3) is 27.1 Å². The van der Waals surface area contributed by atoms with Crippen LogP contribution < -0.4 is 0 Å². The summed E-state index contributed by atoms with van der Waals surface area (Å²) in [7, 11) is 0. The average Bonchev–Trinajstić information content (AvgIpc) is 2.92. The van der Waals surface area contributed by atoms with Gasteiger partial charge < -0.3 is 10.2 Å². The van der Waals surface area contributed by atoms with E-state index in [9.17, 15) is 9.90 Å². The van der Waals surface area contributed by atoms with Gasteiger partial charge in [-0.05, 0) is 88.9 Å². The molecule has 0 aliphatic heterocycles. The number of carbonyl (C=O) groups is 1. The monoisotopic (exact) mass is 476 g/mol. The first kappa shape index (κ1) is 23.9. The van der Waals surface area contributed by atoms with Gasteiger partial charge in [0.1, 0.15) is 5.75 Å². The van der Waals surface area contributed by atoms with Gasteiger partial charge in [0.05, 0.1) is 5.56 Å². The fraction of sp³-hybridized carbons (Fsp3) is 0.242. The number of fused-ring (bicyclic) bond motifs is 5. The van der Waals surface area contributed by atoms with Gasteiger partial charge in [0.25, 0.3) is 0 Å². The molecule has 182 valence electrons. The Labute approximate surface area is 212 Å². The third-order valence-corrected chi connectivity index (χ3v) is 7.44. The molecule has 3 heteroatoms. The molecule has 3 nitrogen and oxygen atoms in total. The molecule has 0 spiro atoms. The highest BCUT2D eigenvalue weighted by atomic mass is 16.4. The molecule has 0 unspecified atom stereocenters. The van der Waals surface area contributed by atoms with Crippen molar-refractivity contribution in [2.45, 2.75) is 51.9 Å². The zero-order valence-corrected chi connectivity index (χ0v) is 20.8. The number of hydrogen-bond acceptors (Lipinski definition) is 2. The van der Waals surface area contributed by atoms with Crippen LogP contribution in [0.15, 0.2) is 84.5 Å². The molecular weight excluding hydrogens is 444 g/mol. The molecule has 0 radical (unpaired) electrons. The highest BCUT2D eigenvalue weighted by molar-refractivity contribution is 6.03. The maximum Gasteiger partial charge on any atom is 0.336 e. The van der Waals surface area contributed by atoms with Gasteiger partial charge in [0.2, 0.25) is 0 Å². The van der Waals surface area contributed by atoms with Crippen molar-refractivity contribution in [2.24, 2.45) is 0 Å². The predicted molar refractivity (Wildman–Crippen MR) is 149 cm³/mol. The summed E-state index contributed by atoms with van der Waals surface area (Å²) >= 11 is 0. The number of aromatic carboxylic acids is 1. The van der Waals surface area contributed by atoms with Crippen molar-refractivity contribution >= 4 is 33.1 Å². The van der Waals surface area contributed by atoms with Crippen molar-refractivity contribution in [1.82, 2.24) is 0 Å². The maximum absolute atomic E-state index is 10.8. The predicted octanol–water partition coefficient (Wildman–Crippen LogP) is 8.48. The van der Waals surface area contributed by atoms with Crippen molar-refractivity contribution in [2.75, 3.05) is 0 Å². The fourth-order valence-corrected chi connectivity index (χ4v) is 5.60. The molecule has 0 heterocycles. The Hall–Kier alpha value is -3.85. The van der Waals surface area contributed by atoms with E-state index >= 15 is 0 Å². The van der Waals surface area contributed by atoms with E-state index in [0.717, 1.165) is 42.0 Å². The number of unbranched alkanes of at least 4 members (excludes halogenated alkanes) is 1. The van der Waals surface area contributed by atoms with Crippen LogP contribution >= 0.6 is 0 Å². The number of carboxylic acid groups (broad SMARTS) is 1. The normalized spacial score (nSPS) is 14.2. The summed E-state index contributed by atoms with van der Waals surface area (Å²) in [4.78, 5) is 10.8. The molecule has 2 aliphatic carbocycles. The fourth-order valence-electron chi connectivity index (χ4n) is 5.60. The zero-order chi connectivity index (χ0) is 25.1. The van der Waals surface area contributed by atoms with Crippen LogP contribution in [0.4, 0.5) is 0 Å². The van der Waals surface area contributed by atoms with Gasteiger partial charge in [0.15, 0.2) is 0 Å². The lowest BCUT2D eigenvalue weighted by atomic mass is 9.79. The summed E-state index contributed by atoms with van der Waals surface area (Å²) in [5.41, 5.74) is 7.48. The van der Waals surface area contributed by atoms with E-state index in [4.69, 9.17) is 5.11 Å². The van der Waals surface area contributed by atoms with Gasteiger partial charge in [-0.15, -0.1) is 0 Å². The number of rotatable bonds is 4. The number of benzene rings is 4. The molecule has 2 N–H and O–H groups in total. The lowest BCUT2D eigenvalue weighted by Crippen LogP contribution is -2.07. The molecule has 0 bridgehead atoms. The summed E-state index contributed by atoms with van der Waals surface area (Å²) in [6, 6.07) is 21.3. The second-order valence-corrected chi connectivity index (χ2v) is 9.64. The van der Waals surface area contributed by atoms with E-state index in [2.05, 4.69) is 37.3 Å². The zero-order valence-electron chi connectivity index (χ0n) is 20.8. The Bertz CT molecular complexity index is 1500. The van der Waals surface area contributed by atoms with Gasteiger partial charge in [0, 0.05) is 5.56 Å². The number of phenolic OH excluding ortho intramolecular Hbond substituents is 1. The largest absolute Gasteiger partial charge is 0.508 e. The van der Waals surface area contributed by atoms with Gasteiger partial charge in [-0.25, -0.2) is 4.79 Å². The lowest BCUT2D eigenvalue weighted by molar-refractivity contribution is 0.0699. The second kappa shape index (κ2) is 10.4. The summed E-state index contributed by atoms with van der Waals surface area (Å²) < 4.78 is 0. The highest BCUT2D eigenvalue weighted by Gasteiger charge is 2.21. The number of carboxylic acids is 1. The van der Waals surface area contributed by atoms with Crippen LogP contribution in [-0.4, -0.2) is 16.2 Å². The van der Waals surface area contributed by atoms with E-state index in [0.29, 0.717) is 11.3 Å². The van der Waals surface area contributed by atoms with Gasteiger partial charge >= 0.3 is 5.97 Å². The minimum Gasteiger partial charge on any atom is -0.508 e. The van der Waals surface area contributed by atoms with Gasteiger partial charge in [-0.2, -0.15) is 0 Å². The topological polar surface area (TPSA) is 57.5 Å². The Morgan fingerprint density at radius 3 is 2.50 bits per heavy atom. The molecular formula is C33H32O3. The Morgan fingerprint density at radius 1 is 0.861 bits per heavy atom. The number of aromatic hydroxyl groups is 1. The van der Waals surface area contributed by atoms with Crippen LogP contribution in [0.1, 0.15) is 66.1 Å². The summed E-state index contributed by atoms with van der Waals surface area (Å²) in [6.07, 6.45) is 12.6. The molecule has 6 rings (SSSR count). The summed E-state index contributed by atoms with van der Waals surface area (Å²) in [5.74, 6) is -0.420. The first-order chi connectivity index (χ1) is 17.6. The minimum absolute atomic E-state index is 0.359. The van der Waals surface area contributed by atoms with Crippen molar-refractivity contribution in [3.05, 3.63) is 107 Å². The van der Waals surface area contributed by atoms with E-state index in [1.54, 1.807) is 17.7 Å². The van der Waals surface area contributed by atoms with Crippen LogP contribution in [0.2, 0.25) is 0 Å². The smallest absolute Gasteiger partial charge is 0.336 e. The van der Waals surface area contributed by atoms with Crippen LogP contribution in [0, 0.1) is 0 Å². The first-order valence-corrected chi connectivity index (χ1v) is 12.9. The first-order valence-electron chi connectivity index (χ1n) is 12.9. The lowest BCUT2D eigenvalue weighted by Gasteiger charge is -2.26. The van der Waals surface area contributed by atoms with E-state index in [1.165, 1.54) is 46.7 Å². The minimum atomic E-state index is -0.878. The Kier molecular flexibility index (Phi) is 6.90. The molecule has 2 aliphatic rings. The molecule has 0 saturated heterocycles. The summed E-state index contributed by atoms with van der Waals surface area (Å²) in [6.45, 7) is 2.20. The third kappa shape index (κ3) is 4.54. The van der Waals surface area contributed by atoms with Crippen molar-refractivity contribution in [1.29, 1.82) is 0 Å². The Morgan fingerprint density at radius 2 is 1.67 bits per heavy atom. The van der Waals surface area contributed by atoms with Crippen molar-refractivity contribution in [3.8, 4) is 5.75 Å². The Balaban J connectivity index is 0.000000174. The molecule has 0 atom stereocenters. The van der Waals surface area contributed by atoms with E-state index < -0.39 is 5.97 Å². The standard InChI is InChI=1S/C22H24O.C11H8O2/c1-2-3-7-21-20-12-11-17-16-8-5-4-6-15(16)9-10-18(17)19(20)13-14-22(21)23;12-11(13)10-7-3-5-8-4-1-2-6-9(8)10/h5,8,11-14,23H,2-4,6-7,9-10H2,1H3;1-7H,(H,12,13). The van der Waals surface area contributed by atoms with Crippen LogP contribution in [-0.2, 0) is 12.8 Å². The van der Waals surface area contributed by atoms with Crippen molar-refractivity contribution in [3.63, 3.8) is 0 Å². The molecule has 0 fully saturated rings. The quantitative estimate of drug-likeness (QED) is 0.310. The molecule has 0 amide bonds. The molecule has 0 aromatic heterocycles. The highest BCUT2D eigenvalue weighted by Crippen LogP contribution is 2.41. The van der Waals surface area contributed by atoms with Crippen LogP contribution in [0.3, 0.4) is 0 Å². The summed E-state index contributed by atoms with van der Waals surface area (Å²) in [5, 5.41) is 23.5. The number of aryl methyl sites for hydroxylation is 2. The van der Waals surface area contributed by atoms with Gasteiger partial charge in [-0.3, -0.25) is 0 Å². The second-order valence-electron chi connectivity index (χ2n) is 9.64. The van der Waals surface area contributed by atoms with Gasteiger partial charge in [-0.1, -0.05) is 85.7 Å². The maximum atomic E-state index is 10.8. The number of hydrogen-bond donors (Lipinski definition) is 2. The molecule has 4 aromatic carbocycles.